The first kappa shape index (κ1) is 54.2. The topological polar surface area (TPSA) is 195 Å². The number of Topliss-reactive ketones (excluding diaryl/α,β-unsaturated/α-hetero) is 3. The summed E-state index contributed by atoms with van der Waals surface area (Å²) in [7, 11) is 4.52. The number of methoxy groups -OCH3 is 3. The lowest BCUT2D eigenvalue weighted by Crippen LogP contribution is -2.61. The predicted molar refractivity (Wildman–Crippen MR) is 245 cm³/mol. The van der Waals surface area contributed by atoms with Crippen molar-refractivity contribution in [3.63, 3.8) is 0 Å². The van der Waals surface area contributed by atoms with Crippen LogP contribution in [0.15, 0.2) is 47.6 Å². The number of amides is 1. The zero-order valence-electron chi connectivity index (χ0n) is 40.6. The van der Waals surface area contributed by atoms with E-state index >= 15 is 0 Å². The van der Waals surface area contributed by atoms with Crippen LogP contribution in [-0.4, -0.2) is 132 Å². The lowest BCUT2D eigenvalue weighted by atomic mass is 9.78. The molecule has 0 spiro atoms. The first-order valence-corrected chi connectivity index (χ1v) is 23.9. The molecular formula is C51H79NO13. The number of aliphatic hydroxyl groups excluding tert-OH is 2. The molecule has 3 fully saturated rings. The summed E-state index contributed by atoms with van der Waals surface area (Å²) in [6.07, 6.45) is 11.2. The van der Waals surface area contributed by atoms with Crippen LogP contribution in [0.25, 0.3) is 0 Å². The van der Waals surface area contributed by atoms with Crippen molar-refractivity contribution >= 4 is 29.2 Å². The molecule has 65 heavy (non-hydrogen) atoms. The van der Waals surface area contributed by atoms with Crippen LogP contribution in [0, 0.1) is 35.5 Å². The van der Waals surface area contributed by atoms with Crippen molar-refractivity contribution in [1.82, 2.24) is 4.90 Å². The number of ether oxygens (including phenoxy) is 5. The number of piperidine rings is 1. The SMILES string of the molecule is CO[C@H]1C[C@@H]2CC[C@@H](C)[C@@](O)(O2)C(=O)C(=O)N2CCCC[C@H]2C(=O)O[C@H]([C@H](C)C[C@@H]2CC[C@@H](O)[C@H](OC)C2)CC(=O)[C@H](C)/C=C(\C)[C@@H](O)[C@H](OC)C(=O)[C@H](C)C[C@H](C)\C=C/C=C/C=C/1C. The summed E-state index contributed by atoms with van der Waals surface area (Å²) in [4.78, 5) is 71.8. The number of cyclic esters (lactones) is 1. The Hall–Kier alpha value is -3.37. The molecule has 14 nitrogen and oxygen atoms in total. The molecule has 1 aliphatic carbocycles. The van der Waals surface area contributed by atoms with Gasteiger partial charge >= 0.3 is 5.97 Å². The van der Waals surface area contributed by atoms with Crippen LogP contribution in [0.4, 0.5) is 0 Å². The Kier molecular flexibility index (Phi) is 21.0. The number of carbonyl (C=O) groups is 5. The van der Waals surface area contributed by atoms with Crippen molar-refractivity contribution in [3.05, 3.63) is 47.6 Å². The van der Waals surface area contributed by atoms with Gasteiger partial charge in [-0.2, -0.15) is 0 Å². The van der Waals surface area contributed by atoms with Gasteiger partial charge in [0.15, 0.2) is 5.78 Å². The fourth-order valence-electron chi connectivity index (χ4n) is 10.1. The van der Waals surface area contributed by atoms with Crippen LogP contribution in [0.3, 0.4) is 0 Å². The first-order valence-electron chi connectivity index (χ1n) is 23.9. The number of esters is 1. The highest BCUT2D eigenvalue weighted by Crippen LogP contribution is 2.38. The number of fused-ring (bicyclic) bond motifs is 3. The molecular weight excluding hydrogens is 835 g/mol. The molecule has 3 N–H and O–H groups in total. The molecule has 0 aromatic carbocycles. The molecule has 1 saturated carbocycles. The van der Waals surface area contributed by atoms with E-state index in [9.17, 15) is 39.3 Å². The number of carbonyl (C=O) groups excluding carboxylic acids is 5. The van der Waals surface area contributed by atoms with Crippen LogP contribution in [0.1, 0.15) is 126 Å². The number of hydrogen-bond acceptors (Lipinski definition) is 13. The van der Waals surface area contributed by atoms with E-state index in [0.29, 0.717) is 63.4 Å². The summed E-state index contributed by atoms with van der Waals surface area (Å²) in [5, 5.41) is 33.8. The third-order valence-corrected chi connectivity index (χ3v) is 14.5. The van der Waals surface area contributed by atoms with E-state index in [1.54, 1.807) is 41.1 Å². The molecule has 0 radical (unpaired) electrons. The van der Waals surface area contributed by atoms with Crippen LogP contribution in [0.5, 0.6) is 0 Å². The third kappa shape index (κ3) is 14.3. The minimum absolute atomic E-state index is 0.0193. The van der Waals surface area contributed by atoms with E-state index in [1.165, 1.54) is 12.0 Å². The van der Waals surface area contributed by atoms with Gasteiger partial charge in [-0.3, -0.25) is 19.2 Å². The monoisotopic (exact) mass is 914 g/mol. The molecule has 0 aromatic rings. The van der Waals surface area contributed by atoms with Crippen LogP contribution >= 0.6 is 0 Å². The standard InChI is InChI=1S/C51H79NO13/c1-30-16-12-11-13-17-31(2)42(61-8)28-38-21-19-36(7)51(60,65-38)48(57)49(58)52-23-15-14-18-39(52)50(59)64-43(33(4)26-37-20-22-40(53)44(27-37)62-9)29-41(54)32(3)25-35(6)46(56)47(63-10)45(55)34(5)24-30/h11-13,16-17,25,30,32-34,36-40,42-44,46-47,53,56,60H,14-15,18-24,26-29H2,1-10H3/b13-11+,16-12-,31-17+,35-25+/t30-,32-,33-,34-,36-,37+,38+,39+,40-,42+,43+,44-,46-,47-,51-/m1/s1. The maximum atomic E-state index is 14.4. The van der Waals surface area contributed by atoms with Crippen molar-refractivity contribution in [2.24, 2.45) is 35.5 Å². The lowest BCUT2D eigenvalue weighted by Gasteiger charge is -2.42. The normalized spacial score (nSPS) is 40.4. The van der Waals surface area contributed by atoms with Gasteiger partial charge in [0, 0.05) is 58.5 Å². The Morgan fingerprint density at radius 1 is 0.846 bits per heavy atom. The van der Waals surface area contributed by atoms with Crippen molar-refractivity contribution in [1.29, 1.82) is 0 Å². The summed E-state index contributed by atoms with van der Waals surface area (Å²) in [6, 6.07) is -1.14. The molecule has 15 atom stereocenters. The highest BCUT2D eigenvalue weighted by atomic mass is 16.6. The largest absolute Gasteiger partial charge is 0.460 e. The summed E-state index contributed by atoms with van der Waals surface area (Å²) in [5.74, 6) is -7.96. The maximum absolute atomic E-state index is 14.4. The number of rotatable bonds is 6. The quantitative estimate of drug-likeness (QED) is 0.156. The number of ketones is 3. The molecule has 0 aromatic heterocycles. The molecule has 3 aliphatic heterocycles. The second-order valence-corrected chi connectivity index (χ2v) is 19.6. The average Bonchev–Trinajstić information content (AvgIpc) is 3.28. The first-order chi connectivity index (χ1) is 30.7. The zero-order valence-corrected chi connectivity index (χ0v) is 40.6. The Morgan fingerprint density at radius 3 is 2.25 bits per heavy atom. The number of allylic oxidation sites excluding steroid dienone is 6. The van der Waals surface area contributed by atoms with Gasteiger partial charge in [0.25, 0.3) is 11.7 Å². The van der Waals surface area contributed by atoms with E-state index in [4.69, 9.17) is 23.7 Å². The Morgan fingerprint density at radius 2 is 1.57 bits per heavy atom. The van der Waals surface area contributed by atoms with E-state index in [2.05, 4.69) is 0 Å². The van der Waals surface area contributed by atoms with E-state index in [-0.39, 0.29) is 54.8 Å². The summed E-state index contributed by atoms with van der Waals surface area (Å²) in [6.45, 7) is 12.7. The van der Waals surface area contributed by atoms with Gasteiger partial charge in [-0.05, 0) is 107 Å². The van der Waals surface area contributed by atoms with E-state index in [0.717, 1.165) is 12.0 Å². The molecule has 366 valence electrons. The van der Waals surface area contributed by atoms with Crippen molar-refractivity contribution < 1.29 is 63.0 Å². The van der Waals surface area contributed by atoms with Crippen molar-refractivity contribution in [3.8, 4) is 0 Å². The molecule has 4 aliphatic rings. The van der Waals surface area contributed by atoms with Gasteiger partial charge in [-0.1, -0.05) is 71.1 Å². The van der Waals surface area contributed by atoms with Crippen molar-refractivity contribution in [2.75, 3.05) is 27.9 Å². The number of hydrogen-bond donors (Lipinski definition) is 3. The van der Waals surface area contributed by atoms with Gasteiger partial charge in [-0.15, -0.1) is 0 Å². The molecule has 0 unspecified atom stereocenters. The smallest absolute Gasteiger partial charge is 0.329 e. The molecule has 2 saturated heterocycles. The molecule has 3 heterocycles. The second kappa shape index (κ2) is 25.1. The summed E-state index contributed by atoms with van der Waals surface area (Å²) < 4.78 is 29.4. The average molecular weight is 914 g/mol. The van der Waals surface area contributed by atoms with Crippen LogP contribution in [-0.2, 0) is 47.7 Å². The fourth-order valence-corrected chi connectivity index (χ4v) is 10.1. The number of nitrogens with zero attached hydrogens (tertiary/aromatic N) is 1. The lowest BCUT2D eigenvalue weighted by molar-refractivity contribution is -0.265. The third-order valence-electron chi connectivity index (χ3n) is 14.5. The molecule has 14 heteroatoms. The van der Waals surface area contributed by atoms with E-state index < -0.39 is 83.9 Å². The zero-order chi connectivity index (χ0) is 48.2. The number of aliphatic hydroxyl groups is 3. The van der Waals surface area contributed by atoms with Crippen LogP contribution in [0.2, 0.25) is 0 Å². The van der Waals surface area contributed by atoms with Crippen molar-refractivity contribution in [2.45, 2.75) is 180 Å². The highest BCUT2D eigenvalue weighted by Gasteiger charge is 2.53. The Balaban J connectivity index is 1.70. The molecule has 1 amide bonds. The van der Waals surface area contributed by atoms with Gasteiger partial charge in [-0.25, -0.2) is 4.79 Å². The van der Waals surface area contributed by atoms with Gasteiger partial charge in [0.2, 0.25) is 5.79 Å². The van der Waals surface area contributed by atoms with Crippen LogP contribution < -0.4 is 0 Å². The molecule has 2 bridgehead atoms. The Labute approximate surface area is 387 Å². The fraction of sp³-hybridized carbons (Fsp3) is 0.745. The maximum Gasteiger partial charge on any atom is 0.329 e. The molecule has 4 rings (SSSR count). The summed E-state index contributed by atoms with van der Waals surface area (Å²) in [5.41, 5.74) is 1.27. The minimum atomic E-state index is -2.43. The van der Waals surface area contributed by atoms with E-state index in [1.807, 2.05) is 58.1 Å². The Bertz CT molecular complexity index is 1760. The summed E-state index contributed by atoms with van der Waals surface area (Å²) >= 11 is 0. The van der Waals surface area contributed by atoms with Gasteiger partial charge in [0.1, 0.15) is 30.1 Å². The van der Waals surface area contributed by atoms with Gasteiger partial charge in [0.05, 0.1) is 24.4 Å². The highest BCUT2D eigenvalue weighted by molar-refractivity contribution is 6.39. The minimum Gasteiger partial charge on any atom is -0.460 e. The predicted octanol–water partition coefficient (Wildman–Crippen LogP) is 6.18. The van der Waals surface area contributed by atoms with Gasteiger partial charge < -0.3 is 43.9 Å². The second-order valence-electron chi connectivity index (χ2n) is 19.6.